The molecule has 0 bridgehead atoms. The summed E-state index contributed by atoms with van der Waals surface area (Å²) in [5, 5.41) is 6.20. The Morgan fingerprint density at radius 1 is 1.08 bits per heavy atom. The van der Waals surface area contributed by atoms with Gasteiger partial charge in [-0.2, -0.15) is 0 Å². The Morgan fingerprint density at radius 3 is 2.65 bits per heavy atom. The third kappa shape index (κ3) is 4.72. The number of nitrogens with zero attached hydrogens (tertiary/aromatic N) is 1. The molecule has 1 atom stereocenters. The van der Waals surface area contributed by atoms with E-state index >= 15 is 0 Å². The molecule has 0 aliphatic rings. The van der Waals surface area contributed by atoms with Gasteiger partial charge in [0.2, 0.25) is 5.91 Å². The zero-order valence-electron chi connectivity index (χ0n) is 14.8. The van der Waals surface area contributed by atoms with Gasteiger partial charge in [-0.3, -0.25) is 4.79 Å². The summed E-state index contributed by atoms with van der Waals surface area (Å²) in [6.45, 7) is 3.16. The number of benzene rings is 1. The summed E-state index contributed by atoms with van der Waals surface area (Å²) in [6, 6.07) is 17.6. The van der Waals surface area contributed by atoms with Crippen molar-refractivity contribution in [2.24, 2.45) is 0 Å². The maximum atomic E-state index is 12.4. The first-order valence-corrected chi connectivity index (χ1v) is 8.74. The molecule has 0 aliphatic carbocycles. The van der Waals surface area contributed by atoms with E-state index in [0.29, 0.717) is 19.5 Å². The highest BCUT2D eigenvalue weighted by Gasteiger charge is 2.20. The number of nitrogens with one attached hydrogen (secondary N) is 2. The van der Waals surface area contributed by atoms with Crippen molar-refractivity contribution in [2.45, 2.75) is 19.3 Å². The first-order chi connectivity index (χ1) is 12.7. The molecule has 0 fully saturated rings. The molecule has 1 amide bonds. The largest absolute Gasteiger partial charge is 0.469 e. The third-order valence-electron chi connectivity index (χ3n) is 4.23. The highest BCUT2D eigenvalue weighted by atomic mass is 16.3. The Morgan fingerprint density at radius 2 is 1.92 bits per heavy atom. The van der Waals surface area contributed by atoms with E-state index in [1.165, 1.54) is 0 Å². The second-order valence-electron chi connectivity index (χ2n) is 6.13. The minimum Gasteiger partial charge on any atom is -0.469 e. The lowest BCUT2D eigenvalue weighted by atomic mass is 9.93. The van der Waals surface area contributed by atoms with Crippen LogP contribution in [-0.2, 0) is 4.79 Å². The number of furan rings is 1. The third-order valence-corrected chi connectivity index (χ3v) is 4.23. The Labute approximate surface area is 153 Å². The molecule has 0 aliphatic heterocycles. The van der Waals surface area contributed by atoms with Gasteiger partial charge in [-0.25, -0.2) is 4.98 Å². The van der Waals surface area contributed by atoms with Gasteiger partial charge in [-0.1, -0.05) is 36.4 Å². The van der Waals surface area contributed by atoms with Crippen LogP contribution >= 0.6 is 0 Å². The van der Waals surface area contributed by atoms with Crippen molar-refractivity contribution in [1.82, 2.24) is 10.3 Å². The van der Waals surface area contributed by atoms with E-state index in [1.54, 1.807) is 12.5 Å². The van der Waals surface area contributed by atoms with Crippen molar-refractivity contribution in [3.63, 3.8) is 0 Å². The van der Waals surface area contributed by atoms with Gasteiger partial charge in [0, 0.05) is 25.7 Å². The van der Waals surface area contributed by atoms with Gasteiger partial charge in [0.15, 0.2) is 0 Å². The molecule has 0 spiro atoms. The number of aryl methyl sites for hydroxylation is 1. The Bertz CT molecular complexity index is 816. The van der Waals surface area contributed by atoms with Crippen LogP contribution in [0.4, 0.5) is 5.82 Å². The molecule has 0 radical (unpaired) electrons. The van der Waals surface area contributed by atoms with E-state index < -0.39 is 0 Å². The SMILES string of the molecule is Cc1cccnc1NCCNC(=O)CC(c1ccccc1)c1ccco1. The number of hydrogen-bond acceptors (Lipinski definition) is 4. The van der Waals surface area contributed by atoms with Crippen LogP contribution in [0.25, 0.3) is 0 Å². The Hall–Kier alpha value is -3.08. The standard InChI is InChI=1S/C21H23N3O2/c1-16-7-5-11-23-21(16)24-13-12-22-20(25)15-18(19-10-6-14-26-19)17-8-3-2-4-9-17/h2-11,14,18H,12-13,15H2,1H3,(H,22,25)(H,23,24). The molecular weight excluding hydrogens is 326 g/mol. The van der Waals surface area contributed by atoms with E-state index in [2.05, 4.69) is 15.6 Å². The van der Waals surface area contributed by atoms with Crippen LogP contribution in [0.15, 0.2) is 71.5 Å². The van der Waals surface area contributed by atoms with Crippen LogP contribution in [0.3, 0.4) is 0 Å². The molecule has 3 aromatic rings. The summed E-state index contributed by atoms with van der Waals surface area (Å²) >= 11 is 0. The van der Waals surface area contributed by atoms with E-state index in [9.17, 15) is 4.79 Å². The molecule has 2 heterocycles. The summed E-state index contributed by atoms with van der Waals surface area (Å²) in [6.07, 6.45) is 3.74. The highest BCUT2D eigenvalue weighted by Crippen LogP contribution is 2.28. The lowest BCUT2D eigenvalue weighted by Gasteiger charge is -2.15. The molecule has 5 heteroatoms. The van der Waals surface area contributed by atoms with Crippen molar-refractivity contribution in [1.29, 1.82) is 0 Å². The number of aromatic nitrogens is 1. The van der Waals surface area contributed by atoms with E-state index in [-0.39, 0.29) is 11.8 Å². The molecule has 2 aromatic heterocycles. The van der Waals surface area contributed by atoms with Gasteiger partial charge in [0.1, 0.15) is 11.6 Å². The molecule has 5 nitrogen and oxygen atoms in total. The number of amides is 1. The molecular formula is C21H23N3O2. The lowest BCUT2D eigenvalue weighted by Crippen LogP contribution is -2.30. The topological polar surface area (TPSA) is 67.2 Å². The van der Waals surface area contributed by atoms with E-state index in [0.717, 1.165) is 22.7 Å². The smallest absolute Gasteiger partial charge is 0.221 e. The molecule has 2 N–H and O–H groups in total. The van der Waals surface area contributed by atoms with Crippen LogP contribution in [0.2, 0.25) is 0 Å². The average Bonchev–Trinajstić information content (AvgIpc) is 3.20. The first kappa shape index (κ1) is 17.7. The minimum atomic E-state index is -0.0859. The van der Waals surface area contributed by atoms with Crippen molar-refractivity contribution in [3.8, 4) is 0 Å². The Kier molecular flexibility index (Phi) is 6.04. The zero-order valence-corrected chi connectivity index (χ0v) is 14.8. The highest BCUT2D eigenvalue weighted by molar-refractivity contribution is 5.77. The molecule has 1 unspecified atom stereocenters. The summed E-state index contributed by atoms with van der Waals surface area (Å²) in [4.78, 5) is 16.7. The lowest BCUT2D eigenvalue weighted by molar-refractivity contribution is -0.121. The molecule has 3 rings (SSSR count). The van der Waals surface area contributed by atoms with Crippen molar-refractivity contribution < 1.29 is 9.21 Å². The first-order valence-electron chi connectivity index (χ1n) is 8.74. The second-order valence-corrected chi connectivity index (χ2v) is 6.13. The van der Waals surface area contributed by atoms with Crippen LogP contribution in [-0.4, -0.2) is 24.0 Å². The number of anilines is 1. The predicted molar refractivity (Wildman–Crippen MR) is 102 cm³/mol. The molecule has 134 valence electrons. The maximum absolute atomic E-state index is 12.4. The van der Waals surface area contributed by atoms with Crippen LogP contribution in [0, 0.1) is 6.92 Å². The van der Waals surface area contributed by atoms with E-state index in [4.69, 9.17) is 4.42 Å². The van der Waals surface area contributed by atoms with Gasteiger partial charge in [0.05, 0.1) is 12.2 Å². The fourth-order valence-corrected chi connectivity index (χ4v) is 2.87. The molecule has 0 saturated carbocycles. The molecule has 1 aromatic carbocycles. The average molecular weight is 349 g/mol. The minimum absolute atomic E-state index is 0.00482. The number of hydrogen-bond donors (Lipinski definition) is 2. The molecule has 0 saturated heterocycles. The Balaban J connectivity index is 1.53. The zero-order chi connectivity index (χ0) is 18.2. The van der Waals surface area contributed by atoms with Crippen molar-refractivity contribution >= 4 is 11.7 Å². The number of rotatable bonds is 8. The van der Waals surface area contributed by atoms with Crippen LogP contribution in [0.5, 0.6) is 0 Å². The van der Waals surface area contributed by atoms with Gasteiger partial charge in [0.25, 0.3) is 0 Å². The maximum Gasteiger partial charge on any atom is 0.221 e. The van der Waals surface area contributed by atoms with E-state index in [1.807, 2.05) is 61.5 Å². The van der Waals surface area contributed by atoms with Crippen molar-refractivity contribution in [2.75, 3.05) is 18.4 Å². The fraction of sp³-hybridized carbons (Fsp3) is 0.238. The van der Waals surface area contributed by atoms with Gasteiger partial charge >= 0.3 is 0 Å². The summed E-state index contributed by atoms with van der Waals surface area (Å²) in [7, 11) is 0. The normalized spacial score (nSPS) is 11.7. The van der Waals surface area contributed by atoms with Gasteiger partial charge in [-0.05, 0) is 36.2 Å². The van der Waals surface area contributed by atoms with Crippen molar-refractivity contribution in [3.05, 3.63) is 83.9 Å². The summed E-state index contributed by atoms with van der Waals surface area (Å²) < 4.78 is 5.55. The molecule has 26 heavy (non-hydrogen) atoms. The summed E-state index contributed by atoms with van der Waals surface area (Å²) in [5.41, 5.74) is 2.15. The number of pyridine rings is 1. The summed E-state index contributed by atoms with van der Waals surface area (Å²) in [5.74, 6) is 1.56. The fourth-order valence-electron chi connectivity index (χ4n) is 2.87. The number of carbonyl (C=O) groups excluding carboxylic acids is 1. The van der Waals surface area contributed by atoms with Gasteiger partial charge in [-0.15, -0.1) is 0 Å². The second kappa shape index (κ2) is 8.85. The quantitative estimate of drug-likeness (QED) is 0.608. The van der Waals surface area contributed by atoms with Crippen LogP contribution in [0.1, 0.15) is 29.2 Å². The predicted octanol–water partition coefficient (Wildman–Crippen LogP) is 3.73. The number of carbonyl (C=O) groups is 1. The monoisotopic (exact) mass is 349 g/mol. The van der Waals surface area contributed by atoms with Gasteiger partial charge < -0.3 is 15.1 Å². The van der Waals surface area contributed by atoms with Crippen LogP contribution < -0.4 is 10.6 Å².